The summed E-state index contributed by atoms with van der Waals surface area (Å²) < 4.78 is 0. The summed E-state index contributed by atoms with van der Waals surface area (Å²) in [5.74, 6) is 0.487. The molecule has 0 aliphatic heterocycles. The molecule has 0 atom stereocenters. The average Bonchev–Trinajstić information content (AvgIpc) is 3.31. The second-order valence-corrected chi connectivity index (χ2v) is 16.6. The van der Waals surface area contributed by atoms with Crippen LogP contribution in [0.3, 0.4) is 0 Å². The predicted molar refractivity (Wildman–Crippen MR) is 293 cm³/mol. The minimum absolute atomic E-state index is 0.244. The van der Waals surface area contributed by atoms with Crippen LogP contribution in [0.2, 0.25) is 0 Å². The summed E-state index contributed by atoms with van der Waals surface area (Å²) in [5.41, 5.74) is 15.8. The van der Waals surface area contributed by atoms with E-state index in [1.807, 2.05) is 12.1 Å². The first-order chi connectivity index (χ1) is 30.8. The number of phenolic OH excluding ortho intramolecular Hbond substituents is 2. The molecule has 4 nitrogen and oxygen atoms in total. The van der Waals surface area contributed by atoms with Crippen molar-refractivity contribution in [1.29, 1.82) is 0 Å². The Morgan fingerprint density at radius 1 is 0.381 bits per heavy atom. The molecule has 0 saturated carbocycles. The molecule has 6 heteroatoms. The van der Waals surface area contributed by atoms with Crippen LogP contribution in [0.15, 0.2) is 146 Å². The first-order valence-electron chi connectivity index (χ1n) is 23.2. The van der Waals surface area contributed by atoms with Gasteiger partial charge in [-0.05, 0) is 155 Å². The van der Waals surface area contributed by atoms with Gasteiger partial charge in [-0.2, -0.15) is 0 Å². The number of unbranched alkanes of at least 4 members (excludes halogenated alkanes) is 9. The Balaban J connectivity index is 0.000000261. The maximum Gasteiger partial charge on any atom is 0.116 e. The molecule has 0 unspecified atom stereocenters. The molecule has 0 amide bonds. The van der Waals surface area contributed by atoms with E-state index in [4.69, 9.17) is 15.9 Å². The Labute approximate surface area is 402 Å². The van der Waals surface area contributed by atoms with Gasteiger partial charge in [-0.15, -0.1) is 0 Å². The Kier molecular flexibility index (Phi) is 24.4. The van der Waals surface area contributed by atoms with Crippen LogP contribution in [0.4, 0.5) is 17.1 Å². The lowest BCUT2D eigenvalue weighted by Crippen LogP contribution is -1.93. The van der Waals surface area contributed by atoms with Crippen molar-refractivity contribution in [3.05, 3.63) is 173 Å². The Hall–Kier alpha value is -4.28. The van der Waals surface area contributed by atoms with E-state index in [0.717, 1.165) is 34.3 Å². The molecule has 0 heterocycles. The van der Waals surface area contributed by atoms with Crippen molar-refractivity contribution in [3.63, 3.8) is 0 Å². The molecule has 0 aliphatic rings. The summed E-state index contributed by atoms with van der Waals surface area (Å²) in [7, 11) is 0. The minimum atomic E-state index is 0.244. The van der Waals surface area contributed by atoms with Crippen LogP contribution in [0.5, 0.6) is 11.5 Å². The standard InChI is InChI=1S/C35H43N.C12H19N.C10H8O2.I2/c1-3-5-7-9-11-28-13-15-30(16-14-28)25-31-17-20-33-27-35(24-21-32(33)26-31)36-34-22-18-29(19-23-34)12-10-8-6-4-2;1-2-3-4-5-6-11-7-9-12(13)10-8-11;11-9-3-1-7-5-10(12)4-2-8(7)6-9;1-2/h13-24,26-27,36H,3-12,25H2,1-2H3;7-10H,2-6,13H2,1H3;1-6,11-12H;. The molecule has 0 radical (unpaired) electrons. The van der Waals surface area contributed by atoms with E-state index in [2.05, 4.69) is 160 Å². The monoisotopic (exact) mass is 1070 g/mol. The van der Waals surface area contributed by atoms with Crippen molar-refractivity contribution in [2.24, 2.45) is 0 Å². The van der Waals surface area contributed by atoms with E-state index in [1.165, 1.54) is 135 Å². The fourth-order valence-corrected chi connectivity index (χ4v) is 7.64. The van der Waals surface area contributed by atoms with Crippen LogP contribution < -0.4 is 11.1 Å². The van der Waals surface area contributed by atoms with Gasteiger partial charge in [-0.25, -0.2) is 0 Å². The van der Waals surface area contributed by atoms with Gasteiger partial charge in [0.1, 0.15) is 11.5 Å². The molecule has 7 aromatic carbocycles. The molecule has 63 heavy (non-hydrogen) atoms. The number of aryl methyl sites for hydroxylation is 3. The summed E-state index contributed by atoms with van der Waals surface area (Å²) in [6.07, 6.45) is 20.4. The Bertz CT molecular complexity index is 2170. The predicted octanol–water partition coefficient (Wildman–Crippen LogP) is 17.8. The van der Waals surface area contributed by atoms with Crippen LogP contribution in [0.25, 0.3) is 21.5 Å². The highest BCUT2D eigenvalue weighted by molar-refractivity contribution is 15.0. The second-order valence-electron chi connectivity index (χ2n) is 16.6. The van der Waals surface area contributed by atoms with Gasteiger partial charge < -0.3 is 21.3 Å². The topological polar surface area (TPSA) is 78.5 Å². The van der Waals surface area contributed by atoms with E-state index >= 15 is 0 Å². The number of anilines is 3. The summed E-state index contributed by atoms with van der Waals surface area (Å²) in [6, 6.07) is 50.0. The van der Waals surface area contributed by atoms with Gasteiger partial charge in [-0.1, -0.05) is 163 Å². The number of nitrogen functional groups attached to an aromatic ring is 1. The third kappa shape index (κ3) is 19.6. The van der Waals surface area contributed by atoms with E-state index in [9.17, 15) is 0 Å². The molecule has 7 aromatic rings. The molecule has 5 N–H and O–H groups in total. The van der Waals surface area contributed by atoms with Gasteiger partial charge in [0.25, 0.3) is 0 Å². The van der Waals surface area contributed by atoms with Gasteiger partial charge in [0.2, 0.25) is 0 Å². The molecular weight excluding hydrogens is 998 g/mol. The molecular formula is C57H70I2N2O2. The zero-order valence-corrected chi connectivity index (χ0v) is 42.2. The van der Waals surface area contributed by atoms with Crippen molar-refractivity contribution in [3.8, 4) is 11.5 Å². The van der Waals surface area contributed by atoms with E-state index in [-0.39, 0.29) is 11.5 Å². The number of rotatable bonds is 19. The van der Waals surface area contributed by atoms with E-state index < -0.39 is 0 Å². The molecule has 0 spiro atoms. The van der Waals surface area contributed by atoms with Gasteiger partial charge in [0, 0.05) is 54.3 Å². The summed E-state index contributed by atoms with van der Waals surface area (Å²) in [6.45, 7) is 6.78. The number of halogens is 2. The summed E-state index contributed by atoms with van der Waals surface area (Å²) >= 11 is 4.24. The van der Waals surface area contributed by atoms with Crippen molar-refractivity contribution in [1.82, 2.24) is 0 Å². The number of nitrogens with one attached hydrogen (secondary N) is 1. The highest BCUT2D eigenvalue weighted by Crippen LogP contribution is 2.26. The van der Waals surface area contributed by atoms with Crippen LogP contribution in [-0.4, -0.2) is 10.2 Å². The van der Waals surface area contributed by atoms with Crippen molar-refractivity contribution in [2.45, 2.75) is 124 Å². The number of phenols is 2. The number of benzene rings is 7. The fraction of sp³-hybridized carbons (Fsp3) is 0.333. The van der Waals surface area contributed by atoms with Crippen molar-refractivity contribution >= 4 is 75.8 Å². The highest BCUT2D eigenvalue weighted by atomic mass is 128. The Morgan fingerprint density at radius 3 is 1.24 bits per heavy atom. The van der Waals surface area contributed by atoms with Crippen LogP contribution in [-0.2, 0) is 25.7 Å². The van der Waals surface area contributed by atoms with Crippen molar-refractivity contribution < 1.29 is 10.2 Å². The number of hydrogen-bond donors (Lipinski definition) is 4. The van der Waals surface area contributed by atoms with Gasteiger partial charge >= 0.3 is 0 Å². The van der Waals surface area contributed by atoms with Crippen LogP contribution in [0, 0.1) is 0 Å². The quantitative estimate of drug-likeness (QED) is 0.0370. The summed E-state index contributed by atoms with van der Waals surface area (Å²) in [4.78, 5) is 0. The first kappa shape index (κ1) is 51.4. The normalized spacial score (nSPS) is 10.6. The lowest BCUT2D eigenvalue weighted by Gasteiger charge is -2.10. The maximum absolute atomic E-state index is 9.14. The zero-order valence-electron chi connectivity index (χ0n) is 37.9. The molecule has 0 aliphatic carbocycles. The van der Waals surface area contributed by atoms with Crippen molar-refractivity contribution in [2.75, 3.05) is 11.1 Å². The van der Waals surface area contributed by atoms with Gasteiger partial charge in [-0.3, -0.25) is 0 Å². The number of aromatic hydroxyl groups is 2. The molecule has 0 bridgehead atoms. The third-order valence-corrected chi connectivity index (χ3v) is 11.3. The highest BCUT2D eigenvalue weighted by Gasteiger charge is 2.04. The SMILES string of the molecule is CCCCCCc1ccc(Cc2ccc3cc(Nc4ccc(CCCCCC)cc4)ccc3c2)cc1.CCCCCCc1ccc(N)cc1.II.Oc1ccc2cc(O)ccc2c1. The second kappa shape index (κ2) is 30.0. The fourth-order valence-electron chi connectivity index (χ4n) is 7.64. The smallest absolute Gasteiger partial charge is 0.116 e. The van der Waals surface area contributed by atoms with Crippen LogP contribution in [0.1, 0.15) is 126 Å². The maximum atomic E-state index is 9.14. The summed E-state index contributed by atoms with van der Waals surface area (Å²) in [5, 5.41) is 26.3. The largest absolute Gasteiger partial charge is 0.508 e. The Morgan fingerprint density at radius 2 is 0.746 bits per heavy atom. The molecule has 0 aromatic heterocycles. The number of hydrogen-bond acceptors (Lipinski definition) is 4. The van der Waals surface area contributed by atoms with E-state index in [0.29, 0.717) is 0 Å². The third-order valence-electron chi connectivity index (χ3n) is 11.3. The van der Waals surface area contributed by atoms with Gasteiger partial charge in [0.15, 0.2) is 0 Å². The first-order valence-corrected chi connectivity index (χ1v) is 29.5. The van der Waals surface area contributed by atoms with E-state index in [1.54, 1.807) is 36.4 Å². The molecule has 334 valence electrons. The lowest BCUT2D eigenvalue weighted by molar-refractivity contribution is 0.474. The minimum Gasteiger partial charge on any atom is -0.508 e. The molecule has 7 rings (SSSR count). The molecule has 0 fully saturated rings. The molecule has 0 saturated heterocycles. The average molecular weight is 1070 g/mol. The van der Waals surface area contributed by atoms with Crippen LogP contribution >= 0.6 is 37.2 Å². The zero-order chi connectivity index (χ0) is 45.1. The van der Waals surface area contributed by atoms with Gasteiger partial charge in [0.05, 0.1) is 0 Å². The number of nitrogens with two attached hydrogens (primary N) is 1. The number of fused-ring (bicyclic) bond motifs is 2. The lowest BCUT2D eigenvalue weighted by atomic mass is 9.99.